The van der Waals surface area contributed by atoms with Gasteiger partial charge in [0, 0.05) is 35.5 Å². The summed E-state index contributed by atoms with van der Waals surface area (Å²) in [4.78, 5) is 47.2. The molecular formula is C28H36N4O5. The quantitative estimate of drug-likeness (QED) is 0.164. The number of rotatable bonds is 14. The first-order chi connectivity index (χ1) is 17.8. The summed E-state index contributed by atoms with van der Waals surface area (Å²) in [5.41, 5.74) is 3.44. The summed E-state index contributed by atoms with van der Waals surface area (Å²) in [5, 5.41) is 4.09. The van der Waals surface area contributed by atoms with Gasteiger partial charge >= 0.3 is 5.97 Å². The minimum atomic E-state index is -0.464. The fraction of sp³-hybridized carbons (Fsp3) is 0.429. The largest absolute Gasteiger partial charge is 0.497 e. The number of carbonyl (C=O) groups excluding carboxylic acids is 3. The third-order valence-electron chi connectivity index (χ3n) is 6.39. The number of hydrogen-bond acceptors (Lipinski definition) is 6. The van der Waals surface area contributed by atoms with Gasteiger partial charge in [0.05, 0.1) is 38.6 Å². The second-order valence-corrected chi connectivity index (χ2v) is 9.01. The maximum atomic E-state index is 13.2. The summed E-state index contributed by atoms with van der Waals surface area (Å²) in [6, 6.07) is 5.42. The molecule has 0 radical (unpaired) electrons. The topological polar surface area (TPSA) is 126 Å². The van der Waals surface area contributed by atoms with Gasteiger partial charge in [0.1, 0.15) is 17.4 Å². The van der Waals surface area contributed by atoms with Crippen LogP contribution in [0.2, 0.25) is 0 Å². The number of aromatic nitrogens is 3. The van der Waals surface area contributed by atoms with Crippen molar-refractivity contribution in [2.75, 3.05) is 14.2 Å². The van der Waals surface area contributed by atoms with Crippen LogP contribution in [-0.4, -0.2) is 46.8 Å². The summed E-state index contributed by atoms with van der Waals surface area (Å²) in [6.07, 6.45) is 9.07. The van der Waals surface area contributed by atoms with Crippen molar-refractivity contribution in [3.05, 3.63) is 53.2 Å². The van der Waals surface area contributed by atoms with Crippen LogP contribution in [0.5, 0.6) is 5.75 Å². The number of fused-ring (bicyclic) bond motifs is 1. The van der Waals surface area contributed by atoms with Crippen LogP contribution in [0, 0.1) is 6.92 Å². The Balaban J connectivity index is 1.73. The first kappa shape index (κ1) is 27.7. The molecule has 3 N–H and O–H groups in total. The highest BCUT2D eigenvalue weighted by molar-refractivity contribution is 5.91. The van der Waals surface area contributed by atoms with Crippen LogP contribution in [0.1, 0.15) is 74.3 Å². The highest BCUT2D eigenvalue weighted by atomic mass is 16.5. The summed E-state index contributed by atoms with van der Waals surface area (Å²) in [5.74, 6) is 1.02. The Labute approximate surface area is 217 Å². The third kappa shape index (κ3) is 7.80. The predicted octanol–water partition coefficient (Wildman–Crippen LogP) is 4.72. The van der Waals surface area contributed by atoms with Crippen LogP contribution in [-0.2, 0) is 25.5 Å². The fourth-order valence-corrected chi connectivity index (χ4v) is 4.26. The van der Waals surface area contributed by atoms with Gasteiger partial charge in [-0.05, 0) is 49.6 Å². The van der Waals surface area contributed by atoms with Crippen LogP contribution in [0.25, 0.3) is 17.0 Å². The van der Waals surface area contributed by atoms with Crippen molar-refractivity contribution in [1.29, 1.82) is 0 Å². The van der Waals surface area contributed by atoms with Crippen molar-refractivity contribution in [2.24, 2.45) is 0 Å². The first-order valence-electron chi connectivity index (χ1n) is 12.6. The standard InChI is InChI=1S/C28H36N4O5/c1-5-20(33)9-7-6-8-10-25(28-29-17-19(31-28)11-14-27(35)37-4)32-26(34)16-22-18(2)30-24-13-12-21(36-3)15-23(22)24/h11-15,17,25,30H,5-10,16H2,1-4H3,(H,29,31)(H,32,34)/b14-11+/t25-/m0/s1. The maximum Gasteiger partial charge on any atom is 0.330 e. The molecule has 3 rings (SSSR count). The number of H-pyrrole nitrogens is 2. The molecule has 0 saturated carbocycles. The van der Waals surface area contributed by atoms with Crippen LogP contribution in [0.15, 0.2) is 30.5 Å². The van der Waals surface area contributed by atoms with Gasteiger partial charge in [-0.15, -0.1) is 0 Å². The molecule has 3 aromatic rings. The van der Waals surface area contributed by atoms with Gasteiger partial charge in [-0.1, -0.05) is 19.8 Å². The summed E-state index contributed by atoms with van der Waals surface area (Å²) in [6.45, 7) is 3.83. The van der Waals surface area contributed by atoms with Gasteiger partial charge in [-0.25, -0.2) is 9.78 Å². The molecule has 9 heteroatoms. The number of esters is 1. The molecule has 0 aliphatic carbocycles. The molecular weight excluding hydrogens is 472 g/mol. The number of amides is 1. The van der Waals surface area contributed by atoms with E-state index in [0.717, 1.165) is 47.2 Å². The summed E-state index contributed by atoms with van der Waals surface area (Å²) >= 11 is 0. The van der Waals surface area contributed by atoms with Crippen LogP contribution in [0.4, 0.5) is 0 Å². The Morgan fingerprint density at radius 2 is 1.95 bits per heavy atom. The van der Waals surface area contributed by atoms with Gasteiger partial charge in [0.25, 0.3) is 0 Å². The number of carbonyl (C=O) groups is 3. The molecule has 0 aliphatic rings. The molecule has 1 atom stereocenters. The van der Waals surface area contributed by atoms with E-state index in [2.05, 4.69) is 25.0 Å². The highest BCUT2D eigenvalue weighted by Crippen LogP contribution is 2.27. The van der Waals surface area contributed by atoms with Crippen LogP contribution in [0.3, 0.4) is 0 Å². The lowest BCUT2D eigenvalue weighted by Gasteiger charge is -2.17. The molecule has 9 nitrogen and oxygen atoms in total. The van der Waals surface area contributed by atoms with E-state index in [-0.39, 0.29) is 24.2 Å². The van der Waals surface area contributed by atoms with E-state index in [4.69, 9.17) is 4.74 Å². The van der Waals surface area contributed by atoms with Crippen molar-refractivity contribution < 1.29 is 23.9 Å². The van der Waals surface area contributed by atoms with E-state index in [9.17, 15) is 14.4 Å². The first-order valence-corrected chi connectivity index (χ1v) is 12.6. The zero-order valence-electron chi connectivity index (χ0n) is 22.0. The SMILES string of the molecule is CCC(=O)CCCCC[C@H](NC(=O)Cc1c(C)[nH]c2ccc(OC)cc12)c1ncc(/C=C/C(=O)OC)[nH]1. The molecule has 37 heavy (non-hydrogen) atoms. The van der Waals surface area contributed by atoms with E-state index < -0.39 is 5.97 Å². The summed E-state index contributed by atoms with van der Waals surface area (Å²) in [7, 11) is 2.93. The maximum absolute atomic E-state index is 13.2. The van der Waals surface area contributed by atoms with Crippen LogP contribution >= 0.6 is 0 Å². The van der Waals surface area contributed by atoms with E-state index in [1.807, 2.05) is 32.0 Å². The van der Waals surface area contributed by atoms with Crippen molar-refractivity contribution >= 4 is 34.6 Å². The average molecular weight is 509 g/mol. The lowest BCUT2D eigenvalue weighted by molar-refractivity contribution is -0.134. The van der Waals surface area contributed by atoms with Gasteiger partial charge < -0.3 is 24.8 Å². The Bertz CT molecular complexity index is 1260. The predicted molar refractivity (Wildman–Crippen MR) is 142 cm³/mol. The third-order valence-corrected chi connectivity index (χ3v) is 6.39. The average Bonchev–Trinajstić information content (AvgIpc) is 3.50. The van der Waals surface area contributed by atoms with Gasteiger partial charge in [0.15, 0.2) is 0 Å². The molecule has 0 unspecified atom stereocenters. The number of ether oxygens (including phenoxy) is 2. The van der Waals surface area contributed by atoms with E-state index in [1.165, 1.54) is 13.2 Å². The number of benzene rings is 1. The number of hydrogen-bond donors (Lipinski definition) is 3. The number of methoxy groups -OCH3 is 2. The van der Waals surface area contributed by atoms with Crippen molar-refractivity contribution in [3.63, 3.8) is 0 Å². The van der Waals surface area contributed by atoms with Gasteiger partial charge in [-0.3, -0.25) is 9.59 Å². The minimum Gasteiger partial charge on any atom is -0.497 e. The smallest absolute Gasteiger partial charge is 0.330 e. The van der Waals surface area contributed by atoms with E-state index in [1.54, 1.807) is 19.4 Å². The zero-order chi connectivity index (χ0) is 26.8. The summed E-state index contributed by atoms with van der Waals surface area (Å²) < 4.78 is 9.99. The Morgan fingerprint density at radius 1 is 1.14 bits per heavy atom. The number of unbranched alkanes of at least 4 members (excludes halogenated alkanes) is 2. The number of aryl methyl sites for hydroxylation is 1. The minimum absolute atomic E-state index is 0.124. The fourth-order valence-electron chi connectivity index (χ4n) is 4.26. The number of nitrogens with one attached hydrogen (secondary N) is 3. The molecule has 0 aliphatic heterocycles. The zero-order valence-corrected chi connectivity index (χ0v) is 22.0. The second-order valence-electron chi connectivity index (χ2n) is 9.01. The van der Waals surface area contributed by atoms with Gasteiger partial charge in [-0.2, -0.15) is 0 Å². The molecule has 1 amide bonds. The monoisotopic (exact) mass is 508 g/mol. The molecule has 1 aromatic carbocycles. The Morgan fingerprint density at radius 3 is 2.68 bits per heavy atom. The van der Waals surface area contributed by atoms with E-state index >= 15 is 0 Å². The highest BCUT2D eigenvalue weighted by Gasteiger charge is 2.20. The number of Topliss-reactive ketones (excluding diaryl/α,β-unsaturated/α-hetero) is 1. The lowest BCUT2D eigenvalue weighted by atomic mass is 10.0. The number of ketones is 1. The van der Waals surface area contributed by atoms with Crippen molar-refractivity contribution in [2.45, 2.75) is 64.8 Å². The molecule has 2 aromatic heterocycles. The molecule has 0 spiro atoms. The Hall–Kier alpha value is -3.88. The molecule has 198 valence electrons. The number of imidazole rings is 1. The van der Waals surface area contributed by atoms with Gasteiger partial charge in [0.2, 0.25) is 5.91 Å². The second kappa shape index (κ2) is 13.4. The Kier molecular flexibility index (Phi) is 10.1. The van der Waals surface area contributed by atoms with Crippen molar-refractivity contribution in [3.8, 4) is 5.75 Å². The molecule has 0 saturated heterocycles. The lowest BCUT2D eigenvalue weighted by Crippen LogP contribution is -2.30. The van der Waals surface area contributed by atoms with Crippen molar-refractivity contribution in [1.82, 2.24) is 20.3 Å². The number of nitrogens with zero attached hydrogens (tertiary/aromatic N) is 1. The molecule has 0 bridgehead atoms. The van der Waals surface area contributed by atoms with Crippen LogP contribution < -0.4 is 10.1 Å². The molecule has 0 fully saturated rings. The molecule has 2 heterocycles. The normalized spacial score (nSPS) is 12.1. The van der Waals surface area contributed by atoms with E-state index in [0.29, 0.717) is 30.8 Å². The number of aromatic amines is 2.